The van der Waals surface area contributed by atoms with E-state index in [4.69, 9.17) is 5.11 Å². The number of phenolic OH excluding ortho intramolecular Hbond substituents is 1. The number of amides is 1. The Hall–Kier alpha value is -1.84. The maximum absolute atomic E-state index is 11.8. The van der Waals surface area contributed by atoms with Crippen molar-refractivity contribution in [2.45, 2.75) is 32.1 Å². The molecule has 0 unspecified atom stereocenters. The highest BCUT2D eigenvalue weighted by Crippen LogP contribution is 2.23. The third-order valence-electron chi connectivity index (χ3n) is 3.26. The number of aromatic hydroxyl groups is 1. The topological polar surface area (TPSA) is 61.7 Å². The van der Waals surface area contributed by atoms with Crippen molar-refractivity contribution in [3.8, 4) is 5.75 Å². The fourth-order valence-electron chi connectivity index (χ4n) is 2.19. The Balaban J connectivity index is 1.83. The number of hydrazone groups is 1. The van der Waals surface area contributed by atoms with Crippen LogP contribution >= 0.6 is 0 Å². The molecule has 1 aromatic carbocycles. The normalized spacial score (nSPS) is 16.9. The third kappa shape index (κ3) is 3.58. The lowest BCUT2D eigenvalue weighted by Gasteiger charge is -2.19. The van der Waals surface area contributed by atoms with Crippen molar-refractivity contribution in [3.05, 3.63) is 29.8 Å². The van der Waals surface area contributed by atoms with Gasteiger partial charge in [-0.25, -0.2) is 5.43 Å². The van der Waals surface area contributed by atoms with Crippen LogP contribution in [0.15, 0.2) is 29.4 Å². The summed E-state index contributed by atoms with van der Waals surface area (Å²) in [5.74, 6) is 0.360. The molecule has 2 rings (SSSR count). The van der Waals surface area contributed by atoms with E-state index in [9.17, 15) is 4.79 Å². The average molecular weight is 246 g/mol. The van der Waals surface area contributed by atoms with Crippen LogP contribution in [0.5, 0.6) is 5.75 Å². The minimum absolute atomic E-state index is 0.0183. The summed E-state index contributed by atoms with van der Waals surface area (Å²) in [7, 11) is 0. The second kappa shape index (κ2) is 6.19. The van der Waals surface area contributed by atoms with Crippen LogP contribution in [-0.2, 0) is 4.79 Å². The second-order valence-corrected chi connectivity index (χ2v) is 4.66. The number of hydrogen-bond donors (Lipinski definition) is 2. The first-order chi connectivity index (χ1) is 8.75. The molecule has 1 aliphatic rings. The molecule has 1 saturated carbocycles. The molecular formula is C14H18N2O2. The van der Waals surface area contributed by atoms with Crippen molar-refractivity contribution >= 4 is 12.1 Å². The maximum atomic E-state index is 11.8. The van der Waals surface area contributed by atoms with Crippen LogP contribution in [0.1, 0.15) is 37.7 Å². The van der Waals surface area contributed by atoms with Gasteiger partial charge in [0.05, 0.1) is 6.21 Å². The van der Waals surface area contributed by atoms with Gasteiger partial charge in [0.2, 0.25) is 5.91 Å². The zero-order chi connectivity index (χ0) is 12.8. The Morgan fingerprint density at radius 1 is 1.22 bits per heavy atom. The number of carbonyl (C=O) groups is 1. The number of nitrogens with one attached hydrogen (secondary N) is 1. The summed E-state index contributed by atoms with van der Waals surface area (Å²) in [5, 5.41) is 13.1. The van der Waals surface area contributed by atoms with Gasteiger partial charge in [-0.3, -0.25) is 4.79 Å². The summed E-state index contributed by atoms with van der Waals surface area (Å²) < 4.78 is 0. The number of rotatable bonds is 3. The molecule has 1 aliphatic carbocycles. The van der Waals surface area contributed by atoms with Gasteiger partial charge < -0.3 is 5.11 Å². The molecular weight excluding hydrogens is 228 g/mol. The second-order valence-electron chi connectivity index (χ2n) is 4.66. The predicted octanol–water partition coefficient (Wildman–Crippen LogP) is 2.42. The fraction of sp³-hybridized carbons (Fsp3) is 0.429. The zero-order valence-electron chi connectivity index (χ0n) is 10.3. The molecule has 1 fully saturated rings. The summed E-state index contributed by atoms with van der Waals surface area (Å²) in [4.78, 5) is 11.8. The smallest absolute Gasteiger partial charge is 0.243 e. The van der Waals surface area contributed by atoms with Gasteiger partial charge in [-0.05, 0) is 42.7 Å². The predicted molar refractivity (Wildman–Crippen MR) is 70.4 cm³/mol. The van der Waals surface area contributed by atoms with Crippen LogP contribution in [0.2, 0.25) is 0 Å². The van der Waals surface area contributed by atoms with Gasteiger partial charge in [0.1, 0.15) is 5.75 Å². The Morgan fingerprint density at radius 3 is 2.56 bits per heavy atom. The first kappa shape index (κ1) is 12.6. The highest BCUT2D eigenvalue weighted by atomic mass is 16.3. The summed E-state index contributed by atoms with van der Waals surface area (Å²) in [6.07, 6.45) is 7.04. The lowest BCUT2D eigenvalue weighted by molar-refractivity contribution is -0.125. The zero-order valence-corrected chi connectivity index (χ0v) is 10.3. The summed E-state index contributed by atoms with van der Waals surface area (Å²) in [6.45, 7) is 0. The van der Waals surface area contributed by atoms with E-state index in [0.717, 1.165) is 31.2 Å². The number of benzene rings is 1. The summed E-state index contributed by atoms with van der Waals surface area (Å²) in [5.41, 5.74) is 3.43. The van der Waals surface area contributed by atoms with Crippen molar-refractivity contribution in [2.75, 3.05) is 0 Å². The Kier molecular flexibility index (Phi) is 4.34. The van der Waals surface area contributed by atoms with Crippen LogP contribution in [-0.4, -0.2) is 17.2 Å². The van der Waals surface area contributed by atoms with Crippen LogP contribution in [0.4, 0.5) is 0 Å². The first-order valence-electron chi connectivity index (χ1n) is 6.37. The Labute approximate surface area is 107 Å². The molecule has 18 heavy (non-hydrogen) atoms. The van der Waals surface area contributed by atoms with Gasteiger partial charge in [0.25, 0.3) is 0 Å². The fourth-order valence-corrected chi connectivity index (χ4v) is 2.19. The average Bonchev–Trinajstić information content (AvgIpc) is 2.42. The monoisotopic (exact) mass is 246 g/mol. The van der Waals surface area contributed by atoms with Crippen molar-refractivity contribution in [1.29, 1.82) is 0 Å². The molecule has 4 nitrogen and oxygen atoms in total. The molecule has 0 saturated heterocycles. The third-order valence-corrected chi connectivity index (χ3v) is 3.26. The molecule has 0 atom stereocenters. The van der Waals surface area contributed by atoms with Gasteiger partial charge in [-0.2, -0.15) is 5.10 Å². The number of carbonyl (C=O) groups excluding carboxylic acids is 1. The molecule has 0 aromatic heterocycles. The molecule has 0 spiro atoms. The van der Waals surface area contributed by atoms with E-state index in [1.54, 1.807) is 30.5 Å². The van der Waals surface area contributed by atoms with E-state index in [0.29, 0.717) is 0 Å². The van der Waals surface area contributed by atoms with Gasteiger partial charge in [0, 0.05) is 5.92 Å². The summed E-state index contributed by atoms with van der Waals surface area (Å²) in [6, 6.07) is 6.66. The van der Waals surface area contributed by atoms with Gasteiger partial charge in [-0.15, -0.1) is 0 Å². The van der Waals surface area contributed by atoms with Crippen molar-refractivity contribution in [2.24, 2.45) is 11.0 Å². The van der Waals surface area contributed by atoms with Gasteiger partial charge in [-0.1, -0.05) is 19.3 Å². The van der Waals surface area contributed by atoms with Crippen molar-refractivity contribution in [1.82, 2.24) is 5.43 Å². The molecule has 0 heterocycles. The van der Waals surface area contributed by atoms with Crippen LogP contribution < -0.4 is 5.43 Å². The molecule has 4 heteroatoms. The van der Waals surface area contributed by atoms with Crippen molar-refractivity contribution in [3.63, 3.8) is 0 Å². The highest BCUT2D eigenvalue weighted by molar-refractivity contribution is 5.83. The van der Waals surface area contributed by atoms with Gasteiger partial charge >= 0.3 is 0 Å². The largest absolute Gasteiger partial charge is 0.508 e. The molecule has 96 valence electrons. The lowest BCUT2D eigenvalue weighted by Crippen LogP contribution is -2.28. The number of hydrogen-bond acceptors (Lipinski definition) is 3. The van der Waals surface area contributed by atoms with Gasteiger partial charge in [0.15, 0.2) is 0 Å². The first-order valence-corrected chi connectivity index (χ1v) is 6.37. The SMILES string of the molecule is O=C(N/N=C\c1ccc(O)cc1)C1CCCCC1. The quantitative estimate of drug-likeness (QED) is 0.635. The van der Waals surface area contributed by atoms with Crippen LogP contribution in [0, 0.1) is 5.92 Å². The Morgan fingerprint density at radius 2 is 1.89 bits per heavy atom. The number of phenols is 1. The lowest BCUT2D eigenvalue weighted by atomic mass is 9.89. The molecule has 0 aliphatic heterocycles. The highest BCUT2D eigenvalue weighted by Gasteiger charge is 2.20. The van der Waals surface area contributed by atoms with E-state index in [-0.39, 0.29) is 17.6 Å². The molecule has 1 amide bonds. The van der Waals surface area contributed by atoms with E-state index in [1.165, 1.54) is 6.42 Å². The minimum Gasteiger partial charge on any atom is -0.508 e. The molecule has 1 aromatic rings. The van der Waals surface area contributed by atoms with Crippen LogP contribution in [0.3, 0.4) is 0 Å². The molecule has 0 bridgehead atoms. The molecule has 2 N–H and O–H groups in total. The van der Waals surface area contributed by atoms with E-state index in [1.807, 2.05) is 0 Å². The number of nitrogens with zero attached hydrogens (tertiary/aromatic N) is 1. The van der Waals surface area contributed by atoms with Crippen LogP contribution in [0.25, 0.3) is 0 Å². The summed E-state index contributed by atoms with van der Waals surface area (Å²) >= 11 is 0. The molecule has 0 radical (unpaired) electrons. The Bertz CT molecular complexity index is 420. The maximum Gasteiger partial charge on any atom is 0.243 e. The van der Waals surface area contributed by atoms with Crippen molar-refractivity contribution < 1.29 is 9.90 Å². The standard InChI is InChI=1S/C14H18N2O2/c17-13-8-6-11(7-9-13)10-15-16-14(18)12-4-2-1-3-5-12/h6-10,12,17H,1-5H2,(H,16,18)/b15-10-. The minimum atomic E-state index is 0.0183. The van der Waals surface area contributed by atoms with E-state index < -0.39 is 0 Å². The van der Waals surface area contributed by atoms with E-state index in [2.05, 4.69) is 10.5 Å². The van der Waals surface area contributed by atoms with E-state index >= 15 is 0 Å².